The van der Waals surface area contributed by atoms with Crippen LogP contribution in [0.1, 0.15) is 18.9 Å². The van der Waals surface area contributed by atoms with Gasteiger partial charge in [0.2, 0.25) is 0 Å². The zero-order valence-electron chi connectivity index (χ0n) is 13.6. The van der Waals surface area contributed by atoms with Gasteiger partial charge < -0.3 is 15.7 Å². The number of benzene rings is 1. The molecule has 2 atom stereocenters. The van der Waals surface area contributed by atoms with Crippen molar-refractivity contribution in [1.29, 1.82) is 0 Å². The highest BCUT2D eigenvalue weighted by atomic mass is 16.3. The first-order valence-electron chi connectivity index (χ1n) is 8.07. The molecular formula is C17H22N4O3. The Balaban J connectivity index is 2.00. The highest BCUT2D eigenvalue weighted by Crippen LogP contribution is 2.24. The number of nitrogens with one attached hydrogen (secondary N) is 1. The average molecular weight is 330 g/mol. The van der Waals surface area contributed by atoms with Gasteiger partial charge >= 0.3 is 5.69 Å². The highest BCUT2D eigenvalue weighted by Gasteiger charge is 2.28. The molecule has 1 fully saturated rings. The third-order valence-electron chi connectivity index (χ3n) is 4.57. The summed E-state index contributed by atoms with van der Waals surface area (Å²) in [5.41, 5.74) is 6.42. The average Bonchev–Trinajstić information content (AvgIpc) is 2.55. The first kappa shape index (κ1) is 16.3. The Bertz CT molecular complexity index is 828. The van der Waals surface area contributed by atoms with Gasteiger partial charge in [0, 0.05) is 13.1 Å². The van der Waals surface area contributed by atoms with Gasteiger partial charge in [-0.15, -0.1) is 0 Å². The molecule has 3 rings (SSSR count). The molecule has 0 amide bonds. The summed E-state index contributed by atoms with van der Waals surface area (Å²) in [5, 5.41) is 9.88. The van der Waals surface area contributed by atoms with E-state index in [4.69, 9.17) is 5.73 Å². The van der Waals surface area contributed by atoms with Crippen LogP contribution in [0.15, 0.2) is 39.9 Å². The molecule has 0 spiro atoms. The van der Waals surface area contributed by atoms with E-state index >= 15 is 0 Å². The van der Waals surface area contributed by atoms with Gasteiger partial charge in [-0.1, -0.05) is 37.3 Å². The molecule has 7 nitrogen and oxygen atoms in total. The third-order valence-corrected chi connectivity index (χ3v) is 4.57. The number of hydrogen-bond acceptors (Lipinski definition) is 5. The topological polar surface area (TPSA) is 104 Å². The Morgan fingerprint density at radius 1 is 1.29 bits per heavy atom. The van der Waals surface area contributed by atoms with Crippen molar-refractivity contribution in [2.75, 3.05) is 23.7 Å². The Morgan fingerprint density at radius 2 is 2.00 bits per heavy atom. The molecule has 2 unspecified atom stereocenters. The number of nitrogens with two attached hydrogens (primary N) is 1. The predicted octanol–water partition coefficient (Wildman–Crippen LogP) is 0.374. The number of nitrogen functional groups attached to an aromatic ring is 1. The number of piperidine rings is 1. The van der Waals surface area contributed by atoms with E-state index in [1.807, 2.05) is 42.2 Å². The van der Waals surface area contributed by atoms with Crippen LogP contribution in [0, 0.1) is 5.92 Å². The molecular weight excluding hydrogens is 308 g/mol. The monoisotopic (exact) mass is 330 g/mol. The number of anilines is 2. The molecule has 1 aromatic carbocycles. The second kappa shape index (κ2) is 6.52. The van der Waals surface area contributed by atoms with E-state index in [0.29, 0.717) is 31.7 Å². The number of rotatable bonds is 3. The van der Waals surface area contributed by atoms with E-state index in [1.165, 1.54) is 4.57 Å². The van der Waals surface area contributed by atoms with E-state index < -0.39 is 11.2 Å². The van der Waals surface area contributed by atoms with Crippen molar-refractivity contribution in [2.24, 2.45) is 5.92 Å². The predicted molar refractivity (Wildman–Crippen MR) is 93.3 cm³/mol. The maximum atomic E-state index is 12.3. The maximum absolute atomic E-state index is 12.3. The molecule has 0 radical (unpaired) electrons. The number of aromatic nitrogens is 2. The number of hydrogen-bond donors (Lipinski definition) is 3. The minimum absolute atomic E-state index is 0.0343. The number of H-pyrrole nitrogens is 1. The fraction of sp³-hybridized carbons (Fsp3) is 0.412. The van der Waals surface area contributed by atoms with Crippen LogP contribution in [0.25, 0.3) is 0 Å². The largest absolute Gasteiger partial charge is 0.393 e. The van der Waals surface area contributed by atoms with Crippen molar-refractivity contribution >= 4 is 11.5 Å². The normalized spacial score (nSPS) is 21.0. The SMILES string of the molecule is CC1CN(c2c(N)n(Cc3ccccc3)c(=O)[nH]c2=O)CCC1O. The summed E-state index contributed by atoms with van der Waals surface area (Å²) < 4.78 is 1.38. The summed E-state index contributed by atoms with van der Waals surface area (Å²) in [4.78, 5) is 28.7. The lowest BCUT2D eigenvalue weighted by Crippen LogP contribution is -2.46. The van der Waals surface area contributed by atoms with Crippen molar-refractivity contribution in [2.45, 2.75) is 26.0 Å². The molecule has 7 heteroatoms. The summed E-state index contributed by atoms with van der Waals surface area (Å²) in [5.74, 6) is 0.197. The van der Waals surface area contributed by atoms with Crippen LogP contribution < -0.4 is 21.9 Å². The van der Waals surface area contributed by atoms with Crippen LogP contribution in [0.4, 0.5) is 11.5 Å². The fourth-order valence-electron chi connectivity index (χ4n) is 3.14. The highest BCUT2D eigenvalue weighted by molar-refractivity contribution is 5.62. The lowest BCUT2D eigenvalue weighted by Gasteiger charge is -2.36. The van der Waals surface area contributed by atoms with Crippen LogP contribution >= 0.6 is 0 Å². The Kier molecular flexibility index (Phi) is 4.44. The molecule has 4 N–H and O–H groups in total. The summed E-state index contributed by atoms with van der Waals surface area (Å²) >= 11 is 0. The molecule has 0 aliphatic carbocycles. The Morgan fingerprint density at radius 3 is 2.67 bits per heavy atom. The quantitative estimate of drug-likeness (QED) is 0.754. The molecule has 1 aliphatic rings. The minimum Gasteiger partial charge on any atom is -0.393 e. The first-order chi connectivity index (χ1) is 11.5. The second-order valence-corrected chi connectivity index (χ2v) is 6.34. The van der Waals surface area contributed by atoms with Gasteiger partial charge in [0.15, 0.2) is 0 Å². The maximum Gasteiger partial charge on any atom is 0.330 e. The number of aliphatic hydroxyl groups excluding tert-OH is 1. The molecule has 24 heavy (non-hydrogen) atoms. The summed E-state index contributed by atoms with van der Waals surface area (Å²) in [7, 11) is 0. The van der Waals surface area contributed by atoms with Crippen molar-refractivity contribution in [3.05, 3.63) is 56.7 Å². The van der Waals surface area contributed by atoms with Gasteiger partial charge in [0.1, 0.15) is 11.5 Å². The van der Waals surface area contributed by atoms with E-state index in [1.54, 1.807) is 0 Å². The van der Waals surface area contributed by atoms with E-state index in [2.05, 4.69) is 4.98 Å². The number of nitrogens with zero attached hydrogens (tertiary/aromatic N) is 2. The van der Waals surface area contributed by atoms with E-state index in [0.717, 1.165) is 5.56 Å². The minimum atomic E-state index is -0.518. The van der Waals surface area contributed by atoms with Crippen LogP contribution in [0.2, 0.25) is 0 Å². The third kappa shape index (κ3) is 3.07. The van der Waals surface area contributed by atoms with Gasteiger partial charge in [0.25, 0.3) is 5.56 Å². The number of aliphatic hydroxyl groups is 1. The van der Waals surface area contributed by atoms with Crippen molar-refractivity contribution in [3.8, 4) is 0 Å². The zero-order valence-corrected chi connectivity index (χ0v) is 13.6. The number of aromatic amines is 1. The summed E-state index contributed by atoms with van der Waals surface area (Å²) in [6.45, 7) is 3.28. The standard InChI is InChI=1S/C17H22N4O3/c1-11-9-20(8-7-13(11)22)14-15(18)21(17(24)19-16(14)23)10-12-5-3-2-4-6-12/h2-6,11,13,22H,7-10,18H2,1H3,(H,19,23,24). The summed E-state index contributed by atoms with van der Waals surface area (Å²) in [6, 6.07) is 9.47. The van der Waals surface area contributed by atoms with Crippen LogP contribution in [0.5, 0.6) is 0 Å². The lowest BCUT2D eigenvalue weighted by atomic mass is 9.96. The van der Waals surface area contributed by atoms with Crippen molar-refractivity contribution < 1.29 is 5.11 Å². The first-order valence-corrected chi connectivity index (χ1v) is 8.07. The molecule has 2 aromatic rings. The fourth-order valence-corrected chi connectivity index (χ4v) is 3.14. The smallest absolute Gasteiger partial charge is 0.330 e. The molecule has 1 aliphatic heterocycles. The van der Waals surface area contributed by atoms with Crippen LogP contribution in [0.3, 0.4) is 0 Å². The van der Waals surface area contributed by atoms with Crippen molar-refractivity contribution in [1.82, 2.24) is 9.55 Å². The van der Waals surface area contributed by atoms with Gasteiger partial charge in [-0.05, 0) is 17.9 Å². The Hall–Kier alpha value is -2.54. The van der Waals surface area contributed by atoms with Gasteiger partial charge in [-0.3, -0.25) is 14.3 Å². The van der Waals surface area contributed by atoms with Gasteiger partial charge in [0.05, 0.1) is 12.6 Å². The van der Waals surface area contributed by atoms with Gasteiger partial charge in [-0.25, -0.2) is 4.79 Å². The van der Waals surface area contributed by atoms with Crippen molar-refractivity contribution in [3.63, 3.8) is 0 Å². The molecule has 1 saturated heterocycles. The van der Waals surface area contributed by atoms with Crippen LogP contribution in [-0.4, -0.2) is 33.9 Å². The second-order valence-electron chi connectivity index (χ2n) is 6.34. The van der Waals surface area contributed by atoms with E-state index in [-0.39, 0.29) is 17.8 Å². The molecule has 2 heterocycles. The molecule has 1 aromatic heterocycles. The van der Waals surface area contributed by atoms with Crippen LogP contribution in [-0.2, 0) is 6.54 Å². The molecule has 0 saturated carbocycles. The zero-order chi connectivity index (χ0) is 17.3. The summed E-state index contributed by atoms with van der Waals surface area (Å²) in [6.07, 6.45) is 0.189. The molecule has 128 valence electrons. The lowest BCUT2D eigenvalue weighted by molar-refractivity contribution is 0.0970. The Labute approximate surface area is 139 Å². The molecule has 0 bridgehead atoms. The van der Waals surface area contributed by atoms with E-state index in [9.17, 15) is 14.7 Å². The van der Waals surface area contributed by atoms with Gasteiger partial charge in [-0.2, -0.15) is 0 Å².